The first-order valence-electron chi connectivity index (χ1n) is 7.94. The maximum Gasteiger partial charge on any atom is 0.227 e. The van der Waals surface area contributed by atoms with Gasteiger partial charge in [-0.2, -0.15) is 0 Å². The molecule has 1 aliphatic heterocycles. The minimum absolute atomic E-state index is 0.00359. The van der Waals surface area contributed by atoms with E-state index in [9.17, 15) is 9.59 Å². The summed E-state index contributed by atoms with van der Waals surface area (Å²) in [6.45, 7) is 10.3. The van der Waals surface area contributed by atoms with E-state index in [1.54, 1.807) is 0 Å². The van der Waals surface area contributed by atoms with Gasteiger partial charge in [-0.05, 0) is 35.8 Å². The molecule has 116 valence electrons. The lowest BCUT2D eigenvalue weighted by Crippen LogP contribution is -2.40. The molecule has 0 spiro atoms. The van der Waals surface area contributed by atoms with Gasteiger partial charge in [-0.3, -0.25) is 9.59 Å². The number of amides is 1. The topological polar surface area (TPSA) is 46.2 Å². The van der Waals surface area contributed by atoms with Crippen LogP contribution < -0.4 is 5.32 Å². The van der Waals surface area contributed by atoms with Crippen LogP contribution in [0.5, 0.6) is 0 Å². The van der Waals surface area contributed by atoms with E-state index in [0.717, 1.165) is 29.7 Å². The van der Waals surface area contributed by atoms with E-state index in [1.807, 2.05) is 12.1 Å². The number of fused-ring (bicyclic) bond motifs is 1. The van der Waals surface area contributed by atoms with Crippen LogP contribution in [0.1, 0.15) is 55.1 Å². The van der Waals surface area contributed by atoms with Gasteiger partial charge in [0.25, 0.3) is 0 Å². The van der Waals surface area contributed by atoms with Gasteiger partial charge in [-0.15, -0.1) is 0 Å². The standard InChI is InChI=1S/C19H23NO2/c1-11-8-9-13(18(22)20-11)15-10-14-12(17(15)21)6-5-7-16(14)19(2,3)4/h5-7,13,15H,1,8-10H2,2-4H3,(H,20,22). The average molecular weight is 297 g/mol. The zero-order valence-electron chi connectivity index (χ0n) is 13.5. The highest BCUT2D eigenvalue weighted by atomic mass is 16.2. The molecule has 1 heterocycles. The lowest BCUT2D eigenvalue weighted by molar-refractivity contribution is -0.126. The zero-order valence-corrected chi connectivity index (χ0v) is 13.5. The first kappa shape index (κ1) is 15.0. The van der Waals surface area contributed by atoms with Gasteiger partial charge in [-0.1, -0.05) is 45.5 Å². The molecule has 2 unspecified atom stereocenters. The van der Waals surface area contributed by atoms with E-state index in [0.29, 0.717) is 6.42 Å². The van der Waals surface area contributed by atoms with Gasteiger partial charge >= 0.3 is 0 Å². The number of hydrogen-bond acceptors (Lipinski definition) is 2. The maximum atomic E-state index is 12.8. The summed E-state index contributed by atoms with van der Waals surface area (Å²) in [6, 6.07) is 5.98. The Hall–Kier alpha value is -1.90. The van der Waals surface area contributed by atoms with Crippen molar-refractivity contribution < 1.29 is 9.59 Å². The second-order valence-electron chi connectivity index (χ2n) is 7.49. The number of ketones is 1. The molecule has 2 atom stereocenters. The van der Waals surface area contributed by atoms with Crippen LogP contribution in [0.15, 0.2) is 30.5 Å². The molecule has 1 aliphatic carbocycles. The molecular weight excluding hydrogens is 274 g/mol. The van der Waals surface area contributed by atoms with Crippen LogP contribution >= 0.6 is 0 Å². The number of rotatable bonds is 1. The molecule has 0 saturated carbocycles. The van der Waals surface area contributed by atoms with E-state index in [4.69, 9.17) is 0 Å². The highest BCUT2D eigenvalue weighted by Crippen LogP contribution is 2.40. The molecule has 2 aliphatic rings. The Morgan fingerprint density at radius 2 is 1.91 bits per heavy atom. The van der Waals surface area contributed by atoms with Crippen LogP contribution in [0.4, 0.5) is 0 Å². The number of nitrogens with one attached hydrogen (secondary N) is 1. The molecule has 3 rings (SSSR count). The second-order valence-corrected chi connectivity index (χ2v) is 7.49. The van der Waals surface area contributed by atoms with E-state index in [2.05, 4.69) is 38.7 Å². The smallest absolute Gasteiger partial charge is 0.227 e. The van der Waals surface area contributed by atoms with Crippen molar-refractivity contribution in [2.45, 2.75) is 45.4 Å². The predicted octanol–water partition coefficient (Wildman–Crippen LogP) is 3.38. The van der Waals surface area contributed by atoms with Crippen LogP contribution in [0.25, 0.3) is 0 Å². The summed E-state index contributed by atoms with van der Waals surface area (Å²) >= 11 is 0. The normalized spacial score (nSPS) is 25.1. The number of carbonyl (C=O) groups is 2. The summed E-state index contributed by atoms with van der Waals surface area (Å²) < 4.78 is 0. The molecule has 0 radical (unpaired) electrons. The van der Waals surface area contributed by atoms with Gasteiger partial charge < -0.3 is 5.32 Å². The molecule has 3 nitrogen and oxygen atoms in total. The number of benzene rings is 1. The van der Waals surface area contributed by atoms with Crippen molar-refractivity contribution in [1.82, 2.24) is 5.32 Å². The average Bonchev–Trinajstić information content (AvgIpc) is 2.75. The SMILES string of the molecule is C=C1CCC(C2Cc3c(cccc3C(C)(C)C)C2=O)C(=O)N1. The van der Waals surface area contributed by atoms with Crippen LogP contribution in [-0.4, -0.2) is 11.7 Å². The largest absolute Gasteiger partial charge is 0.330 e. The van der Waals surface area contributed by atoms with E-state index < -0.39 is 0 Å². The highest BCUT2D eigenvalue weighted by molar-refractivity contribution is 6.05. The quantitative estimate of drug-likeness (QED) is 0.863. The Bertz CT molecular complexity index is 667. The first-order chi connectivity index (χ1) is 10.3. The fourth-order valence-electron chi connectivity index (χ4n) is 3.75. The van der Waals surface area contributed by atoms with Crippen LogP contribution in [-0.2, 0) is 16.6 Å². The van der Waals surface area contributed by atoms with Gasteiger partial charge in [0.15, 0.2) is 5.78 Å². The van der Waals surface area contributed by atoms with Crippen molar-refractivity contribution in [3.8, 4) is 0 Å². The Morgan fingerprint density at radius 3 is 2.55 bits per heavy atom. The summed E-state index contributed by atoms with van der Waals surface area (Å²) in [4.78, 5) is 25.0. The maximum absolute atomic E-state index is 12.8. The second kappa shape index (κ2) is 5.08. The number of carbonyl (C=O) groups excluding carboxylic acids is 2. The minimum atomic E-state index is -0.224. The van der Waals surface area contributed by atoms with Crippen molar-refractivity contribution in [3.05, 3.63) is 47.2 Å². The van der Waals surface area contributed by atoms with Gasteiger partial charge in [-0.25, -0.2) is 0 Å². The third-order valence-corrected chi connectivity index (χ3v) is 4.89. The van der Waals surface area contributed by atoms with E-state index in [1.165, 1.54) is 5.56 Å². The zero-order chi connectivity index (χ0) is 16.1. The minimum Gasteiger partial charge on any atom is -0.330 e. The predicted molar refractivity (Wildman–Crippen MR) is 86.7 cm³/mol. The fraction of sp³-hybridized carbons (Fsp3) is 0.474. The Labute approximate surface area is 131 Å². The molecular formula is C19H23NO2. The lowest BCUT2D eigenvalue weighted by atomic mass is 9.80. The van der Waals surface area contributed by atoms with Gasteiger partial charge in [0.2, 0.25) is 5.91 Å². The van der Waals surface area contributed by atoms with Crippen molar-refractivity contribution in [2.24, 2.45) is 11.8 Å². The highest BCUT2D eigenvalue weighted by Gasteiger charge is 2.42. The Morgan fingerprint density at radius 1 is 1.18 bits per heavy atom. The molecule has 1 amide bonds. The van der Waals surface area contributed by atoms with Crippen molar-refractivity contribution in [2.75, 3.05) is 0 Å². The first-order valence-corrected chi connectivity index (χ1v) is 7.94. The van der Waals surface area contributed by atoms with Crippen molar-refractivity contribution >= 4 is 11.7 Å². The number of piperidine rings is 1. The van der Waals surface area contributed by atoms with Gasteiger partial charge in [0.05, 0.1) is 0 Å². The van der Waals surface area contributed by atoms with E-state index >= 15 is 0 Å². The third-order valence-electron chi connectivity index (χ3n) is 4.89. The molecule has 0 bridgehead atoms. The van der Waals surface area contributed by atoms with Crippen LogP contribution in [0.3, 0.4) is 0 Å². The molecule has 1 aromatic rings. The fourth-order valence-corrected chi connectivity index (χ4v) is 3.75. The van der Waals surface area contributed by atoms with E-state index in [-0.39, 0.29) is 28.9 Å². The summed E-state index contributed by atoms with van der Waals surface area (Å²) in [5.41, 5.74) is 3.95. The Balaban J connectivity index is 1.95. The van der Waals surface area contributed by atoms with Crippen molar-refractivity contribution in [1.29, 1.82) is 0 Å². The molecule has 1 N–H and O–H groups in total. The molecule has 1 saturated heterocycles. The lowest BCUT2D eigenvalue weighted by Gasteiger charge is -2.27. The number of Topliss-reactive ketones (excluding diaryl/α,β-unsaturated/α-hetero) is 1. The molecule has 1 aromatic carbocycles. The van der Waals surface area contributed by atoms with Crippen LogP contribution in [0.2, 0.25) is 0 Å². The van der Waals surface area contributed by atoms with Crippen molar-refractivity contribution in [3.63, 3.8) is 0 Å². The number of hydrogen-bond donors (Lipinski definition) is 1. The Kier molecular flexibility index (Phi) is 3.47. The summed E-state index contributed by atoms with van der Waals surface area (Å²) in [5.74, 6) is -0.349. The molecule has 3 heteroatoms. The van der Waals surface area contributed by atoms with Gasteiger partial charge in [0, 0.05) is 23.1 Å². The van der Waals surface area contributed by atoms with Gasteiger partial charge in [0.1, 0.15) is 0 Å². The third kappa shape index (κ3) is 2.39. The molecule has 0 aromatic heterocycles. The van der Waals surface area contributed by atoms with Crippen LogP contribution in [0, 0.1) is 11.8 Å². The summed E-state index contributed by atoms with van der Waals surface area (Å²) in [6.07, 6.45) is 2.18. The molecule has 22 heavy (non-hydrogen) atoms. The summed E-state index contributed by atoms with van der Waals surface area (Å²) in [7, 11) is 0. The number of allylic oxidation sites excluding steroid dienone is 1. The monoisotopic (exact) mass is 297 g/mol. The summed E-state index contributed by atoms with van der Waals surface area (Å²) in [5, 5.41) is 2.81. The molecule has 1 fully saturated rings.